The van der Waals surface area contributed by atoms with Crippen molar-refractivity contribution in [3.05, 3.63) is 46.6 Å². The predicted octanol–water partition coefficient (Wildman–Crippen LogP) is 2.91. The first-order valence-electron chi connectivity index (χ1n) is 10.3. The van der Waals surface area contributed by atoms with Gasteiger partial charge in [-0.3, -0.25) is 9.69 Å². The zero-order valence-corrected chi connectivity index (χ0v) is 17.8. The molecule has 0 radical (unpaired) electrons. The Morgan fingerprint density at radius 2 is 2.07 bits per heavy atom. The van der Waals surface area contributed by atoms with Gasteiger partial charge in [-0.1, -0.05) is 11.6 Å². The van der Waals surface area contributed by atoms with E-state index < -0.39 is 0 Å². The van der Waals surface area contributed by atoms with Crippen molar-refractivity contribution in [2.45, 2.75) is 25.9 Å². The Morgan fingerprint density at radius 1 is 1.27 bits per heavy atom. The maximum Gasteiger partial charge on any atom is 0.255 e. The fourth-order valence-electron chi connectivity index (χ4n) is 3.94. The number of piperidine rings is 1. The first-order chi connectivity index (χ1) is 14.5. The Bertz CT molecular complexity index is 915. The van der Waals surface area contributed by atoms with E-state index >= 15 is 0 Å². The molecule has 2 aromatic rings. The minimum Gasteiger partial charge on any atom is -0.486 e. The van der Waals surface area contributed by atoms with Crippen molar-refractivity contribution >= 4 is 23.3 Å². The lowest BCUT2D eigenvalue weighted by Gasteiger charge is -2.35. The quantitative estimate of drug-likeness (QED) is 0.758. The Labute approximate surface area is 181 Å². The van der Waals surface area contributed by atoms with Crippen LogP contribution >= 0.6 is 11.6 Å². The van der Waals surface area contributed by atoms with Gasteiger partial charge in [0.2, 0.25) is 0 Å². The average Bonchev–Trinajstić information content (AvgIpc) is 2.73. The number of likely N-dealkylation sites (tertiary alicyclic amines) is 1. The summed E-state index contributed by atoms with van der Waals surface area (Å²) in [5.41, 5.74) is 7.11. The first-order valence-corrected chi connectivity index (χ1v) is 10.7. The van der Waals surface area contributed by atoms with Gasteiger partial charge in [0.15, 0.2) is 11.5 Å². The molecule has 3 heterocycles. The third-order valence-electron chi connectivity index (χ3n) is 5.65. The second-order valence-corrected chi connectivity index (χ2v) is 8.42. The van der Waals surface area contributed by atoms with E-state index in [0.717, 1.165) is 43.9 Å². The van der Waals surface area contributed by atoms with Crippen molar-refractivity contribution in [1.29, 1.82) is 0 Å². The van der Waals surface area contributed by atoms with Gasteiger partial charge >= 0.3 is 0 Å². The third-order valence-corrected chi connectivity index (χ3v) is 5.89. The molecule has 0 unspecified atom stereocenters. The molecular formula is C22H27ClN4O3. The molecular weight excluding hydrogens is 404 g/mol. The van der Waals surface area contributed by atoms with Crippen LogP contribution in [0.1, 0.15) is 28.9 Å². The van der Waals surface area contributed by atoms with E-state index in [1.807, 2.05) is 13.0 Å². The van der Waals surface area contributed by atoms with Crippen LogP contribution in [0.3, 0.4) is 0 Å². The number of nitrogens with one attached hydrogen (secondary N) is 1. The number of rotatable bonds is 5. The summed E-state index contributed by atoms with van der Waals surface area (Å²) in [6, 6.07) is 8.97. The summed E-state index contributed by atoms with van der Waals surface area (Å²) in [6.45, 7) is 5.79. The Morgan fingerprint density at radius 3 is 2.83 bits per heavy atom. The van der Waals surface area contributed by atoms with Crippen LogP contribution in [0, 0.1) is 12.8 Å². The second-order valence-electron chi connectivity index (χ2n) is 7.98. The number of nitrogens with two attached hydrogens (primary N) is 1. The molecule has 1 saturated heterocycles. The van der Waals surface area contributed by atoms with Gasteiger partial charge in [-0.25, -0.2) is 4.98 Å². The summed E-state index contributed by atoms with van der Waals surface area (Å²) in [7, 11) is 0. The molecule has 0 aliphatic carbocycles. The Kier molecular flexibility index (Phi) is 6.29. The molecule has 1 aromatic heterocycles. The van der Waals surface area contributed by atoms with Crippen LogP contribution in [-0.4, -0.2) is 54.7 Å². The van der Waals surface area contributed by atoms with Gasteiger partial charge in [-0.05, 0) is 63.0 Å². The molecule has 160 valence electrons. The Hall–Kier alpha value is -2.51. The summed E-state index contributed by atoms with van der Waals surface area (Å²) in [5, 5.41) is 3.65. The number of halogens is 1. The standard InChI is InChI=1S/C22H27ClN4O3/c1-14-2-4-18(21(24)26-14)22(28)25-11-15-6-8-27(9-7-15)12-17-13-29-19-5-3-16(23)10-20(19)30-17/h2-5,10,15,17H,6-9,11-13H2,1H3,(H2,24,26)(H,25,28)/t17-/m0/s1. The van der Waals surface area contributed by atoms with Gasteiger partial charge in [0, 0.05) is 29.9 Å². The van der Waals surface area contributed by atoms with E-state index in [9.17, 15) is 4.79 Å². The number of nitrogen functional groups attached to an aromatic ring is 1. The highest BCUT2D eigenvalue weighted by Crippen LogP contribution is 2.34. The van der Waals surface area contributed by atoms with Crippen molar-refractivity contribution in [2.24, 2.45) is 5.92 Å². The summed E-state index contributed by atoms with van der Waals surface area (Å²) in [5.74, 6) is 2.02. The second kappa shape index (κ2) is 9.10. The minimum absolute atomic E-state index is 0.00997. The zero-order valence-electron chi connectivity index (χ0n) is 17.1. The number of aromatic nitrogens is 1. The van der Waals surface area contributed by atoms with Crippen LogP contribution in [0.15, 0.2) is 30.3 Å². The minimum atomic E-state index is -0.160. The maximum atomic E-state index is 12.4. The molecule has 4 rings (SSSR count). The number of aryl methyl sites for hydroxylation is 1. The lowest BCUT2D eigenvalue weighted by Crippen LogP contribution is -2.45. The SMILES string of the molecule is Cc1ccc(C(=O)NCC2CCN(C[C@H]3COc4ccc(Cl)cc4O3)CC2)c(N)n1. The highest BCUT2D eigenvalue weighted by molar-refractivity contribution is 6.30. The van der Waals surface area contributed by atoms with Crippen molar-refractivity contribution in [3.8, 4) is 11.5 Å². The number of anilines is 1. The van der Waals surface area contributed by atoms with Gasteiger partial charge in [0.05, 0.1) is 5.56 Å². The summed E-state index contributed by atoms with van der Waals surface area (Å²) < 4.78 is 11.9. The van der Waals surface area contributed by atoms with E-state index in [4.69, 9.17) is 26.8 Å². The molecule has 0 saturated carbocycles. The predicted molar refractivity (Wildman–Crippen MR) is 116 cm³/mol. The molecule has 0 bridgehead atoms. The average molecular weight is 431 g/mol. The highest BCUT2D eigenvalue weighted by Gasteiger charge is 2.26. The van der Waals surface area contributed by atoms with E-state index in [-0.39, 0.29) is 17.8 Å². The molecule has 2 aliphatic heterocycles. The topological polar surface area (TPSA) is 89.7 Å². The smallest absolute Gasteiger partial charge is 0.255 e. The number of carbonyl (C=O) groups excluding carboxylic acids is 1. The molecule has 1 atom stereocenters. The van der Waals surface area contributed by atoms with Gasteiger partial charge in [0.25, 0.3) is 5.91 Å². The van der Waals surface area contributed by atoms with Crippen LogP contribution in [0.2, 0.25) is 5.02 Å². The Balaban J connectivity index is 1.21. The number of hydrogen-bond donors (Lipinski definition) is 2. The summed E-state index contributed by atoms with van der Waals surface area (Å²) in [6.07, 6.45) is 2.04. The normalized spacial score (nSPS) is 19.5. The fraction of sp³-hybridized carbons (Fsp3) is 0.455. The van der Waals surface area contributed by atoms with Crippen molar-refractivity contribution in [1.82, 2.24) is 15.2 Å². The van der Waals surface area contributed by atoms with Gasteiger partial charge in [-0.2, -0.15) is 0 Å². The summed E-state index contributed by atoms with van der Waals surface area (Å²) >= 11 is 6.05. The molecule has 7 nitrogen and oxygen atoms in total. The summed E-state index contributed by atoms with van der Waals surface area (Å²) in [4.78, 5) is 18.9. The first kappa shape index (κ1) is 20.8. The van der Waals surface area contributed by atoms with E-state index in [1.54, 1.807) is 24.3 Å². The zero-order chi connectivity index (χ0) is 21.1. The van der Waals surface area contributed by atoms with Crippen molar-refractivity contribution < 1.29 is 14.3 Å². The van der Waals surface area contributed by atoms with E-state index in [1.165, 1.54) is 0 Å². The number of carbonyl (C=O) groups is 1. The molecule has 2 aliphatic rings. The molecule has 1 aromatic carbocycles. The lowest BCUT2D eigenvalue weighted by molar-refractivity contribution is 0.0476. The van der Waals surface area contributed by atoms with Gasteiger partial charge in [-0.15, -0.1) is 0 Å². The van der Waals surface area contributed by atoms with Gasteiger partial charge in [0.1, 0.15) is 18.5 Å². The van der Waals surface area contributed by atoms with Crippen LogP contribution in [0.25, 0.3) is 0 Å². The fourth-order valence-corrected chi connectivity index (χ4v) is 4.10. The molecule has 0 spiro atoms. The number of amides is 1. The number of nitrogens with zero attached hydrogens (tertiary/aromatic N) is 2. The maximum absolute atomic E-state index is 12.4. The molecule has 8 heteroatoms. The number of hydrogen-bond acceptors (Lipinski definition) is 6. The van der Waals surface area contributed by atoms with Crippen molar-refractivity contribution in [2.75, 3.05) is 38.5 Å². The molecule has 30 heavy (non-hydrogen) atoms. The monoisotopic (exact) mass is 430 g/mol. The van der Waals surface area contributed by atoms with Crippen LogP contribution in [-0.2, 0) is 0 Å². The molecule has 1 fully saturated rings. The van der Waals surface area contributed by atoms with E-state index in [2.05, 4.69) is 15.2 Å². The highest BCUT2D eigenvalue weighted by atomic mass is 35.5. The van der Waals surface area contributed by atoms with Crippen LogP contribution in [0.4, 0.5) is 5.82 Å². The number of benzene rings is 1. The largest absolute Gasteiger partial charge is 0.486 e. The van der Waals surface area contributed by atoms with Crippen LogP contribution < -0.4 is 20.5 Å². The third kappa shape index (κ3) is 4.96. The van der Waals surface area contributed by atoms with Crippen molar-refractivity contribution in [3.63, 3.8) is 0 Å². The van der Waals surface area contributed by atoms with Gasteiger partial charge < -0.3 is 20.5 Å². The molecule has 3 N–H and O–H groups in total. The molecule has 1 amide bonds. The number of ether oxygens (including phenoxy) is 2. The van der Waals surface area contributed by atoms with E-state index in [0.29, 0.717) is 35.4 Å². The van der Waals surface area contributed by atoms with Crippen LogP contribution in [0.5, 0.6) is 11.5 Å². The number of fused-ring (bicyclic) bond motifs is 1. The number of pyridine rings is 1. The lowest BCUT2D eigenvalue weighted by atomic mass is 9.96.